The molecule has 0 aromatic rings. The maximum Gasteiger partial charge on any atom is 0.0813 e. The first-order chi connectivity index (χ1) is 10.1. The predicted octanol–water partition coefficient (Wildman–Crippen LogP) is 6.83. The molecule has 126 valence electrons. The van der Waals surface area contributed by atoms with Gasteiger partial charge in [-0.25, -0.2) is 0 Å². The van der Waals surface area contributed by atoms with Gasteiger partial charge in [-0.05, 0) is 36.5 Å². The fourth-order valence-corrected chi connectivity index (χ4v) is 3.77. The molecule has 0 aliphatic heterocycles. The van der Waals surface area contributed by atoms with Crippen LogP contribution in [0.4, 0.5) is 0 Å². The van der Waals surface area contributed by atoms with Gasteiger partial charge >= 0.3 is 0 Å². The van der Waals surface area contributed by atoms with Gasteiger partial charge in [-0.3, -0.25) is 0 Å². The Labute approximate surface area is 133 Å². The third kappa shape index (κ3) is 10.0. The van der Waals surface area contributed by atoms with Gasteiger partial charge in [-0.15, -0.1) is 0 Å². The molecule has 4 atom stereocenters. The zero-order valence-electron chi connectivity index (χ0n) is 15.2. The predicted molar refractivity (Wildman–Crippen MR) is 94.5 cm³/mol. The smallest absolute Gasteiger partial charge is 0.0813 e. The van der Waals surface area contributed by atoms with Crippen LogP contribution in [0, 0.1) is 28.6 Å². The Morgan fingerprint density at radius 2 is 1.43 bits per heavy atom. The summed E-state index contributed by atoms with van der Waals surface area (Å²) in [4.78, 5) is 10.4. The van der Waals surface area contributed by atoms with Crippen LogP contribution in [-0.4, -0.2) is 6.54 Å². The summed E-state index contributed by atoms with van der Waals surface area (Å²) in [6, 6.07) is 0. The summed E-state index contributed by atoms with van der Waals surface area (Å²) in [6.07, 6.45) is 11.6. The van der Waals surface area contributed by atoms with E-state index in [4.69, 9.17) is 0 Å². The van der Waals surface area contributed by atoms with E-state index in [0.717, 1.165) is 24.2 Å². The highest BCUT2D eigenvalue weighted by molar-refractivity contribution is 4.72. The highest BCUT2D eigenvalue weighted by atomic mass is 16.3. The van der Waals surface area contributed by atoms with Crippen molar-refractivity contribution >= 4 is 0 Å². The minimum absolute atomic E-state index is 0.498. The minimum Gasteiger partial charge on any atom is -0.151 e. The summed E-state index contributed by atoms with van der Waals surface area (Å²) in [5.74, 6) is 3.18. The van der Waals surface area contributed by atoms with E-state index in [0.29, 0.717) is 12.5 Å². The third-order valence-electron chi connectivity index (χ3n) is 5.19. The van der Waals surface area contributed by atoms with Crippen molar-refractivity contribution in [2.24, 2.45) is 28.8 Å². The summed E-state index contributed by atoms with van der Waals surface area (Å²) >= 11 is 0. The van der Waals surface area contributed by atoms with Crippen LogP contribution < -0.4 is 0 Å². The van der Waals surface area contributed by atoms with Crippen molar-refractivity contribution in [2.45, 2.75) is 92.4 Å². The van der Waals surface area contributed by atoms with Gasteiger partial charge in [0.25, 0.3) is 0 Å². The van der Waals surface area contributed by atoms with Crippen LogP contribution in [0.2, 0.25) is 0 Å². The van der Waals surface area contributed by atoms with E-state index in [2.05, 4.69) is 39.8 Å². The molecule has 0 spiro atoms. The van der Waals surface area contributed by atoms with Gasteiger partial charge in [0.15, 0.2) is 0 Å². The molecule has 0 aromatic heterocycles. The zero-order chi connectivity index (χ0) is 16.1. The molecule has 0 amide bonds. The molecule has 0 bridgehead atoms. The molecule has 0 saturated carbocycles. The Bertz CT molecular complexity index is 242. The van der Waals surface area contributed by atoms with E-state index in [-0.39, 0.29) is 0 Å². The fourth-order valence-electron chi connectivity index (χ4n) is 3.77. The van der Waals surface area contributed by atoms with Crippen molar-refractivity contribution < 1.29 is 0 Å². The largest absolute Gasteiger partial charge is 0.151 e. The topological polar surface area (TPSA) is 29.4 Å². The van der Waals surface area contributed by atoms with Gasteiger partial charge in [0.05, 0.1) is 6.54 Å². The molecular formula is C19H39NO. The Balaban J connectivity index is 4.06. The highest BCUT2D eigenvalue weighted by Crippen LogP contribution is 2.31. The summed E-state index contributed by atoms with van der Waals surface area (Å²) in [6.45, 7) is 12.1. The van der Waals surface area contributed by atoms with Crippen LogP contribution in [0.15, 0.2) is 5.18 Å². The first-order valence-corrected chi connectivity index (χ1v) is 9.37. The van der Waals surface area contributed by atoms with E-state index in [1.807, 2.05) is 0 Å². The Kier molecular flexibility index (Phi) is 13.0. The molecular weight excluding hydrogens is 258 g/mol. The van der Waals surface area contributed by atoms with E-state index < -0.39 is 0 Å². The number of rotatable bonds is 14. The summed E-state index contributed by atoms with van der Waals surface area (Å²) in [7, 11) is 0. The quantitative estimate of drug-likeness (QED) is 0.323. The lowest BCUT2D eigenvalue weighted by molar-refractivity contribution is 0.239. The molecule has 0 rings (SSSR count). The maximum absolute atomic E-state index is 10.4. The maximum atomic E-state index is 10.4. The number of nitroso groups, excluding NO2 is 1. The van der Waals surface area contributed by atoms with Gasteiger partial charge in [-0.1, -0.05) is 84.7 Å². The molecule has 0 heterocycles. The van der Waals surface area contributed by atoms with E-state index in [9.17, 15) is 4.91 Å². The van der Waals surface area contributed by atoms with Crippen molar-refractivity contribution in [3.8, 4) is 0 Å². The van der Waals surface area contributed by atoms with Crippen LogP contribution in [-0.2, 0) is 0 Å². The summed E-state index contributed by atoms with van der Waals surface area (Å²) in [5, 5.41) is 3.06. The van der Waals surface area contributed by atoms with Gasteiger partial charge in [-0.2, -0.15) is 4.91 Å². The molecule has 0 saturated heterocycles. The second kappa shape index (κ2) is 13.3. The first-order valence-electron chi connectivity index (χ1n) is 9.37. The lowest BCUT2D eigenvalue weighted by Crippen LogP contribution is -2.17. The highest BCUT2D eigenvalue weighted by Gasteiger charge is 2.20. The van der Waals surface area contributed by atoms with Gasteiger partial charge < -0.3 is 0 Å². The fraction of sp³-hybridized carbons (Fsp3) is 1.00. The number of hydrogen-bond acceptors (Lipinski definition) is 2. The van der Waals surface area contributed by atoms with Crippen LogP contribution >= 0.6 is 0 Å². The first kappa shape index (κ1) is 20.6. The molecule has 0 aliphatic carbocycles. The standard InChI is InChI=1S/C19H39NO/c1-6-10-16(4)11-9-12-17(5)15-19(8-3)18(7-2)13-14-20-21/h16-19H,6-15H2,1-5H3/t16?,17-,18?,19?/m0/s1. The van der Waals surface area contributed by atoms with Crippen molar-refractivity contribution in [3.63, 3.8) is 0 Å². The average Bonchev–Trinajstić information content (AvgIpc) is 2.46. The SMILES string of the molecule is CCCC(C)CCC[C@H](C)CC(CC)C(CC)CCN=O. The Hall–Kier alpha value is -0.400. The molecule has 0 aromatic carbocycles. The van der Waals surface area contributed by atoms with Gasteiger partial charge in [0.1, 0.15) is 0 Å². The average molecular weight is 298 g/mol. The second-order valence-corrected chi connectivity index (χ2v) is 7.14. The summed E-state index contributed by atoms with van der Waals surface area (Å²) in [5.41, 5.74) is 0. The van der Waals surface area contributed by atoms with E-state index >= 15 is 0 Å². The molecule has 0 fully saturated rings. The number of hydrogen-bond donors (Lipinski definition) is 0. The van der Waals surface area contributed by atoms with Crippen molar-refractivity contribution in [1.82, 2.24) is 0 Å². The van der Waals surface area contributed by atoms with Gasteiger partial charge in [0.2, 0.25) is 0 Å². The molecule has 0 radical (unpaired) electrons. The molecule has 0 N–H and O–H groups in total. The van der Waals surface area contributed by atoms with Gasteiger partial charge in [0, 0.05) is 0 Å². The normalized spacial score (nSPS) is 17.2. The Morgan fingerprint density at radius 1 is 0.810 bits per heavy atom. The second-order valence-electron chi connectivity index (χ2n) is 7.14. The van der Waals surface area contributed by atoms with Crippen molar-refractivity contribution in [3.05, 3.63) is 4.91 Å². The zero-order valence-corrected chi connectivity index (χ0v) is 15.2. The molecule has 0 aliphatic rings. The molecule has 3 unspecified atom stereocenters. The molecule has 2 nitrogen and oxygen atoms in total. The molecule has 21 heavy (non-hydrogen) atoms. The van der Waals surface area contributed by atoms with Crippen LogP contribution in [0.25, 0.3) is 0 Å². The number of nitrogens with zero attached hydrogens (tertiary/aromatic N) is 1. The van der Waals surface area contributed by atoms with Crippen molar-refractivity contribution in [2.75, 3.05) is 6.54 Å². The van der Waals surface area contributed by atoms with Crippen LogP contribution in [0.5, 0.6) is 0 Å². The van der Waals surface area contributed by atoms with E-state index in [1.54, 1.807) is 0 Å². The Morgan fingerprint density at radius 3 is 1.95 bits per heavy atom. The van der Waals surface area contributed by atoms with E-state index in [1.165, 1.54) is 51.4 Å². The lowest BCUT2D eigenvalue weighted by atomic mass is 9.79. The minimum atomic E-state index is 0.498. The third-order valence-corrected chi connectivity index (χ3v) is 5.19. The van der Waals surface area contributed by atoms with Crippen LogP contribution in [0.3, 0.4) is 0 Å². The monoisotopic (exact) mass is 297 g/mol. The van der Waals surface area contributed by atoms with Crippen molar-refractivity contribution in [1.29, 1.82) is 0 Å². The summed E-state index contributed by atoms with van der Waals surface area (Å²) < 4.78 is 0. The molecule has 2 heteroatoms. The van der Waals surface area contributed by atoms with Crippen LogP contribution in [0.1, 0.15) is 92.4 Å². The lowest BCUT2D eigenvalue weighted by Gasteiger charge is -2.27.